The van der Waals surface area contributed by atoms with E-state index in [-0.39, 0.29) is 11.8 Å². The number of piperidine rings is 1. The van der Waals surface area contributed by atoms with E-state index in [1.54, 1.807) is 28.4 Å². The van der Waals surface area contributed by atoms with Gasteiger partial charge in [0.1, 0.15) is 5.82 Å². The molecule has 0 bridgehead atoms. The molecule has 3 aromatic rings. The molecule has 6 nitrogen and oxygen atoms in total. The monoisotopic (exact) mass is 448 g/mol. The first kappa shape index (κ1) is 22.0. The average molecular weight is 449 g/mol. The number of carbonyl (C=O) groups excluding carboxylic acids is 2. The van der Waals surface area contributed by atoms with Crippen molar-refractivity contribution in [3.8, 4) is 10.4 Å². The van der Waals surface area contributed by atoms with Gasteiger partial charge in [-0.1, -0.05) is 30.3 Å². The molecule has 166 valence electrons. The lowest BCUT2D eigenvalue weighted by atomic mass is 9.74. The SMILES string of the molecule is CCNC(=O)[C@]1(Cc2ccc(-c3cccs3)cc2)CCCN(C(=O)c2ccc(N)nc2)C1. The van der Waals surface area contributed by atoms with Crippen LogP contribution >= 0.6 is 11.3 Å². The molecule has 1 aromatic carbocycles. The van der Waals surface area contributed by atoms with Crippen LogP contribution in [0.15, 0.2) is 60.1 Å². The van der Waals surface area contributed by atoms with Crippen molar-refractivity contribution in [2.45, 2.75) is 26.2 Å². The molecule has 3 N–H and O–H groups in total. The lowest BCUT2D eigenvalue weighted by molar-refractivity contribution is -0.133. The number of hydrogen-bond acceptors (Lipinski definition) is 5. The highest BCUT2D eigenvalue weighted by atomic mass is 32.1. The van der Waals surface area contributed by atoms with Crippen molar-refractivity contribution in [2.24, 2.45) is 5.41 Å². The van der Waals surface area contributed by atoms with Gasteiger partial charge in [-0.25, -0.2) is 4.98 Å². The van der Waals surface area contributed by atoms with E-state index >= 15 is 0 Å². The second-order valence-corrected chi connectivity index (χ2v) is 9.24. The lowest BCUT2D eigenvalue weighted by Gasteiger charge is -2.42. The van der Waals surface area contributed by atoms with Crippen LogP contribution in [-0.4, -0.2) is 41.3 Å². The van der Waals surface area contributed by atoms with E-state index < -0.39 is 5.41 Å². The minimum absolute atomic E-state index is 0.00950. The first-order valence-electron chi connectivity index (χ1n) is 10.9. The Bertz CT molecular complexity index is 1060. The van der Waals surface area contributed by atoms with Gasteiger partial charge in [0, 0.05) is 30.7 Å². The number of benzene rings is 1. The Hall–Kier alpha value is -3.19. The van der Waals surface area contributed by atoms with Crippen LogP contribution in [0.4, 0.5) is 5.82 Å². The number of pyridine rings is 1. The maximum Gasteiger partial charge on any atom is 0.255 e. The standard InChI is InChI=1S/C25H28N4O2S/c1-2-27-24(31)25(15-18-6-8-19(9-7-18)21-5-3-14-32-21)12-4-13-29(17-25)23(30)20-10-11-22(26)28-16-20/h3,5-11,14,16H,2,4,12-13,15,17H2,1H3,(H2,26,28)(H,27,31)/t25-/m0/s1. The zero-order chi connectivity index (χ0) is 22.6. The summed E-state index contributed by atoms with van der Waals surface area (Å²) in [7, 11) is 0. The number of likely N-dealkylation sites (tertiary alicyclic amines) is 1. The summed E-state index contributed by atoms with van der Waals surface area (Å²) in [5.74, 6) is 0.275. The van der Waals surface area contributed by atoms with Gasteiger partial charge < -0.3 is 16.0 Å². The number of hydrogen-bond donors (Lipinski definition) is 2. The molecule has 0 radical (unpaired) electrons. The highest BCUT2D eigenvalue weighted by molar-refractivity contribution is 7.13. The Kier molecular flexibility index (Phi) is 6.55. The Morgan fingerprint density at radius 3 is 2.66 bits per heavy atom. The number of carbonyl (C=O) groups is 2. The average Bonchev–Trinajstić information content (AvgIpc) is 3.35. The minimum atomic E-state index is -0.657. The maximum absolute atomic E-state index is 13.3. The first-order valence-corrected chi connectivity index (χ1v) is 11.8. The van der Waals surface area contributed by atoms with Crippen LogP contribution in [0.5, 0.6) is 0 Å². The van der Waals surface area contributed by atoms with Gasteiger partial charge in [-0.15, -0.1) is 11.3 Å². The summed E-state index contributed by atoms with van der Waals surface area (Å²) in [6.07, 6.45) is 3.62. The second kappa shape index (κ2) is 9.53. The Morgan fingerprint density at radius 2 is 2.00 bits per heavy atom. The fourth-order valence-electron chi connectivity index (χ4n) is 4.40. The molecule has 1 atom stereocenters. The van der Waals surface area contributed by atoms with Gasteiger partial charge in [0.05, 0.1) is 11.0 Å². The number of nitrogens with one attached hydrogen (secondary N) is 1. The van der Waals surface area contributed by atoms with Gasteiger partial charge in [-0.2, -0.15) is 0 Å². The molecule has 0 spiro atoms. The quantitative estimate of drug-likeness (QED) is 0.597. The van der Waals surface area contributed by atoms with Gasteiger partial charge in [0.15, 0.2) is 0 Å². The van der Waals surface area contributed by atoms with E-state index in [1.807, 2.05) is 13.0 Å². The second-order valence-electron chi connectivity index (χ2n) is 8.29. The molecule has 7 heteroatoms. The number of aromatic nitrogens is 1. The number of thiophene rings is 1. The first-order chi connectivity index (χ1) is 15.5. The molecule has 0 unspecified atom stereocenters. The fraction of sp³-hybridized carbons (Fsp3) is 0.320. The summed E-state index contributed by atoms with van der Waals surface area (Å²) < 4.78 is 0. The highest BCUT2D eigenvalue weighted by Crippen LogP contribution is 2.35. The Labute approximate surface area is 192 Å². The summed E-state index contributed by atoms with van der Waals surface area (Å²) in [6, 6.07) is 15.9. The smallest absolute Gasteiger partial charge is 0.255 e. The van der Waals surface area contributed by atoms with E-state index in [0.717, 1.165) is 18.4 Å². The number of nitrogens with two attached hydrogens (primary N) is 1. The zero-order valence-corrected chi connectivity index (χ0v) is 19.0. The van der Waals surface area contributed by atoms with Crippen molar-refractivity contribution in [1.82, 2.24) is 15.2 Å². The molecule has 1 aliphatic rings. The predicted octanol–water partition coefficient (Wildman–Crippen LogP) is 3.99. The molecule has 0 saturated carbocycles. The maximum atomic E-state index is 13.3. The minimum Gasteiger partial charge on any atom is -0.384 e. The lowest BCUT2D eigenvalue weighted by Crippen LogP contribution is -2.54. The number of amides is 2. The topological polar surface area (TPSA) is 88.3 Å². The molecule has 1 aliphatic heterocycles. The largest absolute Gasteiger partial charge is 0.384 e. The Morgan fingerprint density at radius 1 is 1.19 bits per heavy atom. The van der Waals surface area contributed by atoms with E-state index in [1.165, 1.54) is 16.6 Å². The number of anilines is 1. The third-order valence-corrected chi connectivity index (χ3v) is 6.94. The van der Waals surface area contributed by atoms with E-state index in [4.69, 9.17) is 5.73 Å². The van der Waals surface area contributed by atoms with Crippen molar-refractivity contribution in [3.63, 3.8) is 0 Å². The van der Waals surface area contributed by atoms with Crippen LogP contribution in [0.25, 0.3) is 10.4 Å². The molecule has 4 rings (SSSR count). The van der Waals surface area contributed by atoms with E-state index in [2.05, 4.69) is 46.0 Å². The van der Waals surface area contributed by atoms with Crippen molar-refractivity contribution in [1.29, 1.82) is 0 Å². The number of nitrogens with zero attached hydrogens (tertiary/aromatic N) is 2. The molecular weight excluding hydrogens is 420 g/mol. The molecule has 1 saturated heterocycles. The van der Waals surface area contributed by atoms with Gasteiger partial charge in [-0.3, -0.25) is 9.59 Å². The van der Waals surface area contributed by atoms with Crippen molar-refractivity contribution >= 4 is 29.0 Å². The number of rotatable bonds is 6. The molecule has 2 amide bonds. The molecule has 1 fully saturated rings. The molecule has 32 heavy (non-hydrogen) atoms. The van der Waals surface area contributed by atoms with Crippen LogP contribution in [0, 0.1) is 5.41 Å². The van der Waals surface area contributed by atoms with Crippen LogP contribution < -0.4 is 11.1 Å². The van der Waals surface area contributed by atoms with E-state index in [9.17, 15) is 9.59 Å². The summed E-state index contributed by atoms with van der Waals surface area (Å²) in [4.78, 5) is 33.4. The molecule has 0 aliphatic carbocycles. The zero-order valence-electron chi connectivity index (χ0n) is 18.2. The summed E-state index contributed by atoms with van der Waals surface area (Å²) in [5.41, 5.74) is 7.77. The highest BCUT2D eigenvalue weighted by Gasteiger charge is 2.43. The van der Waals surface area contributed by atoms with Crippen molar-refractivity contribution in [2.75, 3.05) is 25.4 Å². The van der Waals surface area contributed by atoms with E-state index in [0.29, 0.717) is 37.4 Å². The predicted molar refractivity (Wildman–Crippen MR) is 128 cm³/mol. The number of nitrogen functional groups attached to an aromatic ring is 1. The Balaban J connectivity index is 1.57. The van der Waals surface area contributed by atoms with Crippen LogP contribution in [-0.2, 0) is 11.2 Å². The molecular formula is C25H28N4O2S. The molecule has 2 aromatic heterocycles. The van der Waals surface area contributed by atoms with Gasteiger partial charge in [0.25, 0.3) is 5.91 Å². The van der Waals surface area contributed by atoms with Crippen LogP contribution in [0.2, 0.25) is 0 Å². The normalized spacial score (nSPS) is 18.3. The summed E-state index contributed by atoms with van der Waals surface area (Å²) in [6.45, 7) is 3.50. The van der Waals surface area contributed by atoms with Crippen LogP contribution in [0.1, 0.15) is 35.7 Å². The van der Waals surface area contributed by atoms with Gasteiger partial charge >= 0.3 is 0 Å². The third-order valence-electron chi connectivity index (χ3n) is 6.02. The van der Waals surface area contributed by atoms with Gasteiger partial charge in [0.2, 0.25) is 5.91 Å². The third kappa shape index (κ3) is 4.67. The van der Waals surface area contributed by atoms with Crippen LogP contribution in [0.3, 0.4) is 0 Å². The molecule has 3 heterocycles. The fourth-order valence-corrected chi connectivity index (χ4v) is 5.13. The summed E-state index contributed by atoms with van der Waals surface area (Å²) in [5, 5.41) is 5.08. The van der Waals surface area contributed by atoms with Gasteiger partial charge in [-0.05, 0) is 60.9 Å². The summed E-state index contributed by atoms with van der Waals surface area (Å²) >= 11 is 1.71. The van der Waals surface area contributed by atoms with Crippen molar-refractivity contribution < 1.29 is 9.59 Å². The van der Waals surface area contributed by atoms with Crippen molar-refractivity contribution in [3.05, 3.63) is 71.2 Å².